The van der Waals surface area contributed by atoms with Crippen LogP contribution in [0.25, 0.3) is 5.69 Å². The second-order valence-corrected chi connectivity index (χ2v) is 7.55. The van der Waals surface area contributed by atoms with E-state index < -0.39 is 24.0 Å². The number of nitrogens with one attached hydrogen (secondary N) is 1. The first-order valence-electron chi connectivity index (χ1n) is 9.81. The zero-order chi connectivity index (χ0) is 23.4. The monoisotopic (exact) mass is 464 g/mol. The molecular weight excluding hydrogens is 448 g/mol. The van der Waals surface area contributed by atoms with Gasteiger partial charge in [0.05, 0.1) is 17.3 Å². The second kappa shape index (κ2) is 9.56. The highest BCUT2D eigenvalue weighted by Gasteiger charge is 2.36. The molecule has 4 rings (SSSR count). The fourth-order valence-corrected chi connectivity index (χ4v) is 3.58. The molecule has 0 saturated heterocycles. The summed E-state index contributed by atoms with van der Waals surface area (Å²) in [6.07, 6.45) is 1.48. The number of nitriles is 1. The van der Waals surface area contributed by atoms with Gasteiger partial charge in [-0.15, -0.1) is 5.10 Å². The van der Waals surface area contributed by atoms with Crippen molar-refractivity contribution in [2.45, 2.75) is 25.1 Å². The number of hydrogen-bond donors (Lipinski definition) is 2. The predicted octanol–water partition coefficient (Wildman–Crippen LogP) is 1.12. The Morgan fingerprint density at radius 3 is 2.91 bits per heavy atom. The van der Waals surface area contributed by atoms with E-state index in [1.54, 1.807) is 30.3 Å². The molecule has 33 heavy (non-hydrogen) atoms. The van der Waals surface area contributed by atoms with Crippen LogP contribution >= 0.6 is 11.6 Å². The summed E-state index contributed by atoms with van der Waals surface area (Å²) in [4.78, 5) is 25.7. The second-order valence-electron chi connectivity index (χ2n) is 7.12. The predicted molar refractivity (Wildman–Crippen MR) is 116 cm³/mol. The van der Waals surface area contributed by atoms with Crippen molar-refractivity contribution in [1.29, 1.82) is 5.26 Å². The molecule has 1 aromatic heterocycles. The number of hydrazone groups is 1. The van der Waals surface area contributed by atoms with Crippen LogP contribution in [0.15, 0.2) is 53.9 Å². The van der Waals surface area contributed by atoms with Crippen molar-refractivity contribution in [3.05, 3.63) is 70.5 Å². The molecule has 1 aliphatic rings. The first-order valence-corrected chi connectivity index (χ1v) is 10.2. The van der Waals surface area contributed by atoms with Crippen LogP contribution in [0.1, 0.15) is 29.2 Å². The summed E-state index contributed by atoms with van der Waals surface area (Å²) in [6, 6.07) is 12.2. The number of nitrogens with zero attached hydrogens (tertiary/aromatic N) is 7. The van der Waals surface area contributed by atoms with Crippen LogP contribution in [0.2, 0.25) is 5.02 Å². The molecule has 2 amide bonds. The van der Waals surface area contributed by atoms with Crippen LogP contribution in [0.3, 0.4) is 0 Å². The van der Waals surface area contributed by atoms with Crippen molar-refractivity contribution in [2.75, 3.05) is 0 Å². The number of tetrazole rings is 1. The lowest BCUT2D eigenvalue weighted by molar-refractivity contribution is -0.146. The molecule has 3 aromatic rings. The Bertz CT molecular complexity index is 1250. The lowest BCUT2D eigenvalue weighted by atomic mass is 10.1. The average Bonchev–Trinajstić information content (AvgIpc) is 3.54. The molecule has 2 N–H and O–H groups in total. The number of hydrogen-bond acceptors (Lipinski definition) is 8. The topological polar surface area (TPSA) is 149 Å². The minimum absolute atomic E-state index is 0.0971. The zero-order valence-electron chi connectivity index (χ0n) is 17.0. The Balaban J connectivity index is 1.46. The normalized spacial score (nSPS) is 15.8. The van der Waals surface area contributed by atoms with Crippen LogP contribution in [0, 0.1) is 11.3 Å². The van der Waals surface area contributed by atoms with Gasteiger partial charge >= 0.3 is 0 Å². The van der Waals surface area contributed by atoms with E-state index in [1.165, 1.54) is 29.4 Å². The first-order chi connectivity index (χ1) is 16.0. The highest BCUT2D eigenvalue weighted by molar-refractivity contribution is 6.30. The summed E-state index contributed by atoms with van der Waals surface area (Å²) in [5.74, 6) is -1.22. The van der Waals surface area contributed by atoms with Crippen molar-refractivity contribution >= 4 is 29.6 Å². The average molecular weight is 465 g/mol. The number of carbonyl (C=O) groups is 2. The quantitative estimate of drug-likeness (QED) is 0.555. The van der Waals surface area contributed by atoms with Gasteiger partial charge in [-0.25, -0.2) is 9.69 Å². The molecular formula is C21H17ClN8O3. The van der Waals surface area contributed by atoms with Crippen molar-refractivity contribution in [3.8, 4) is 11.8 Å². The summed E-state index contributed by atoms with van der Waals surface area (Å²) in [7, 11) is 0. The van der Waals surface area contributed by atoms with Crippen LogP contribution < -0.4 is 5.32 Å². The maximum atomic E-state index is 12.9. The number of aliphatic hydroxyl groups is 1. The van der Waals surface area contributed by atoms with E-state index in [0.29, 0.717) is 21.8 Å². The number of benzene rings is 2. The summed E-state index contributed by atoms with van der Waals surface area (Å²) in [5, 5.41) is 38.8. The molecule has 1 unspecified atom stereocenters. The van der Waals surface area contributed by atoms with Gasteiger partial charge in [0.1, 0.15) is 12.4 Å². The molecule has 166 valence electrons. The maximum Gasteiger partial charge on any atom is 0.276 e. The summed E-state index contributed by atoms with van der Waals surface area (Å²) in [6.45, 7) is 0.0971. The Hall–Kier alpha value is -4.14. The third kappa shape index (κ3) is 4.72. The van der Waals surface area contributed by atoms with Crippen molar-refractivity contribution < 1.29 is 14.7 Å². The molecule has 0 fully saturated rings. The number of rotatable bonds is 6. The molecule has 2 aromatic carbocycles. The van der Waals surface area contributed by atoms with E-state index in [4.69, 9.17) is 16.9 Å². The lowest BCUT2D eigenvalue weighted by Gasteiger charge is -2.24. The molecule has 0 saturated carbocycles. The summed E-state index contributed by atoms with van der Waals surface area (Å²) < 4.78 is 1.44. The molecule has 2 atom stereocenters. The van der Waals surface area contributed by atoms with Crippen molar-refractivity contribution in [2.24, 2.45) is 5.10 Å². The van der Waals surface area contributed by atoms with Crippen molar-refractivity contribution in [3.63, 3.8) is 0 Å². The molecule has 0 radical (unpaired) electrons. The minimum atomic E-state index is -1.57. The van der Waals surface area contributed by atoms with Gasteiger partial charge in [-0.05, 0) is 51.9 Å². The van der Waals surface area contributed by atoms with E-state index >= 15 is 0 Å². The summed E-state index contributed by atoms with van der Waals surface area (Å²) in [5.41, 5.74) is 1.84. The fourth-order valence-electron chi connectivity index (χ4n) is 3.38. The highest BCUT2D eigenvalue weighted by Crippen LogP contribution is 2.23. The molecule has 0 spiro atoms. The smallest absolute Gasteiger partial charge is 0.276 e. The molecule has 1 aliphatic heterocycles. The van der Waals surface area contributed by atoms with Crippen LogP contribution in [0.4, 0.5) is 0 Å². The molecule has 2 heterocycles. The standard InChI is InChI=1S/C21H17ClN8O3/c22-16-4-5-17(29-12-25-27-28-29)15(9-16)11-24-20(32)18-6-7-26-30(18)21(33)19(31)14-3-1-2-13(8-14)10-23/h1-5,7-9,12,18-19,31H,6,11H2,(H,24,32)/t18-,19?/m0/s1. The van der Waals surface area contributed by atoms with Gasteiger partial charge in [0.25, 0.3) is 5.91 Å². The third-order valence-electron chi connectivity index (χ3n) is 5.01. The van der Waals surface area contributed by atoms with E-state index in [9.17, 15) is 14.7 Å². The number of halogens is 1. The third-order valence-corrected chi connectivity index (χ3v) is 5.25. The maximum absolute atomic E-state index is 12.9. The Kier molecular flexibility index (Phi) is 6.39. The first kappa shape index (κ1) is 22.1. The van der Waals surface area contributed by atoms with Gasteiger partial charge in [-0.3, -0.25) is 9.59 Å². The summed E-state index contributed by atoms with van der Waals surface area (Å²) >= 11 is 6.11. The Labute approximate surface area is 192 Å². The van der Waals surface area contributed by atoms with E-state index in [-0.39, 0.29) is 18.5 Å². The molecule has 0 bridgehead atoms. The minimum Gasteiger partial charge on any atom is -0.378 e. The molecule has 12 heteroatoms. The van der Waals surface area contributed by atoms with E-state index in [2.05, 4.69) is 25.9 Å². The Morgan fingerprint density at radius 2 is 2.15 bits per heavy atom. The number of amides is 2. The molecule has 11 nitrogen and oxygen atoms in total. The largest absolute Gasteiger partial charge is 0.378 e. The fraction of sp³-hybridized carbons (Fsp3) is 0.190. The number of aliphatic hydroxyl groups excluding tert-OH is 1. The SMILES string of the molecule is N#Cc1cccc(C(O)C(=O)N2N=CC[C@H]2C(=O)NCc2cc(Cl)ccc2-n2cnnn2)c1. The van der Waals surface area contributed by atoms with Gasteiger partial charge in [0.2, 0.25) is 5.91 Å². The van der Waals surface area contributed by atoms with Gasteiger partial charge in [0, 0.05) is 24.2 Å². The van der Waals surface area contributed by atoms with Crippen LogP contribution in [-0.4, -0.2) is 54.4 Å². The van der Waals surface area contributed by atoms with Gasteiger partial charge in [0.15, 0.2) is 6.10 Å². The Morgan fingerprint density at radius 1 is 1.30 bits per heavy atom. The number of carbonyl (C=O) groups excluding carboxylic acids is 2. The zero-order valence-corrected chi connectivity index (χ0v) is 17.8. The van der Waals surface area contributed by atoms with Crippen LogP contribution in [-0.2, 0) is 16.1 Å². The number of aromatic nitrogens is 4. The van der Waals surface area contributed by atoms with E-state index in [0.717, 1.165) is 5.01 Å². The van der Waals surface area contributed by atoms with E-state index in [1.807, 2.05) is 6.07 Å². The molecule has 0 aliphatic carbocycles. The van der Waals surface area contributed by atoms with Gasteiger partial charge < -0.3 is 10.4 Å². The van der Waals surface area contributed by atoms with Gasteiger partial charge in [-0.1, -0.05) is 23.7 Å². The van der Waals surface area contributed by atoms with Crippen molar-refractivity contribution in [1.82, 2.24) is 30.5 Å². The van der Waals surface area contributed by atoms with Crippen LogP contribution in [0.5, 0.6) is 0 Å². The van der Waals surface area contributed by atoms with Gasteiger partial charge in [-0.2, -0.15) is 10.4 Å². The lowest BCUT2D eigenvalue weighted by Crippen LogP contribution is -2.46. The highest BCUT2D eigenvalue weighted by atomic mass is 35.5.